The molecule has 9 nitrogen and oxygen atoms in total. The second-order valence-corrected chi connectivity index (χ2v) is 10.2. The van der Waals surface area contributed by atoms with Crippen LogP contribution in [0, 0.1) is 11.7 Å². The number of Topliss-reactive ketones (excluding diaryl/α,β-unsaturated/α-hetero) is 1. The number of rotatable bonds is 7. The van der Waals surface area contributed by atoms with Gasteiger partial charge in [0.2, 0.25) is 11.3 Å². The van der Waals surface area contributed by atoms with Gasteiger partial charge in [0.1, 0.15) is 20.8 Å². The molecule has 1 amide bonds. The average molecular weight is 503 g/mol. The molecule has 2 aromatic heterocycles. The maximum absolute atomic E-state index is 15.6. The van der Waals surface area contributed by atoms with Crippen molar-refractivity contribution < 1.29 is 23.8 Å². The summed E-state index contributed by atoms with van der Waals surface area (Å²) in [6.07, 6.45) is 2.48. The number of carbonyl (C=O) groups excluding carboxylic acids is 2. The largest absolute Gasteiger partial charge is 0.505 e. The van der Waals surface area contributed by atoms with Crippen molar-refractivity contribution in [2.24, 2.45) is 11.7 Å². The molecule has 1 unspecified atom stereocenters. The SMILES string of the molecule is COc1c(N2CCC(CNC(=O)CN)C2)c(F)cc2c(=O)c3c(O)c(C(C)=O)sc3n(C3CC3)c12. The Morgan fingerprint density at radius 2 is 2.09 bits per heavy atom. The number of thiophene rings is 1. The third-order valence-corrected chi connectivity index (χ3v) is 8.07. The van der Waals surface area contributed by atoms with Gasteiger partial charge in [0.25, 0.3) is 0 Å². The van der Waals surface area contributed by atoms with Gasteiger partial charge in [0, 0.05) is 32.6 Å². The quantitative estimate of drug-likeness (QED) is 0.424. The Morgan fingerprint density at radius 1 is 1.34 bits per heavy atom. The number of methoxy groups -OCH3 is 1. The number of hydrogen-bond acceptors (Lipinski definition) is 8. The number of fused-ring (bicyclic) bond motifs is 2. The van der Waals surface area contributed by atoms with E-state index in [1.807, 2.05) is 9.47 Å². The van der Waals surface area contributed by atoms with Crippen LogP contribution in [-0.2, 0) is 4.79 Å². The highest BCUT2D eigenvalue weighted by Gasteiger charge is 2.35. The predicted molar refractivity (Wildman–Crippen MR) is 132 cm³/mol. The zero-order valence-electron chi connectivity index (χ0n) is 19.5. The third kappa shape index (κ3) is 3.82. The first-order valence-electron chi connectivity index (χ1n) is 11.6. The van der Waals surface area contributed by atoms with Gasteiger partial charge in [-0.3, -0.25) is 14.4 Å². The van der Waals surface area contributed by atoms with Gasteiger partial charge in [-0.05, 0) is 31.2 Å². The number of ether oxygens (including phenoxy) is 1. The van der Waals surface area contributed by atoms with E-state index in [4.69, 9.17) is 10.5 Å². The van der Waals surface area contributed by atoms with Gasteiger partial charge in [0.05, 0.1) is 24.6 Å². The fourth-order valence-corrected chi connectivity index (χ4v) is 6.15. The van der Waals surface area contributed by atoms with Crippen LogP contribution >= 0.6 is 11.3 Å². The number of aromatic hydroxyl groups is 1. The fraction of sp³-hybridized carbons (Fsp3) is 0.458. The highest BCUT2D eigenvalue weighted by Crippen LogP contribution is 2.48. The van der Waals surface area contributed by atoms with E-state index < -0.39 is 11.2 Å². The van der Waals surface area contributed by atoms with E-state index in [2.05, 4.69) is 5.32 Å². The van der Waals surface area contributed by atoms with E-state index in [9.17, 15) is 19.5 Å². The van der Waals surface area contributed by atoms with Crippen LogP contribution in [0.15, 0.2) is 10.9 Å². The van der Waals surface area contributed by atoms with Gasteiger partial charge in [-0.1, -0.05) is 0 Å². The van der Waals surface area contributed by atoms with Crippen molar-refractivity contribution in [1.29, 1.82) is 0 Å². The Balaban J connectivity index is 1.69. The summed E-state index contributed by atoms with van der Waals surface area (Å²) < 4.78 is 23.3. The predicted octanol–water partition coefficient (Wildman–Crippen LogP) is 2.51. The molecule has 0 bridgehead atoms. The lowest BCUT2D eigenvalue weighted by molar-refractivity contribution is -0.119. The molecule has 2 aliphatic rings. The smallest absolute Gasteiger partial charge is 0.233 e. The topological polar surface area (TPSA) is 127 Å². The molecule has 3 heterocycles. The average Bonchev–Trinajstić information content (AvgIpc) is 3.45. The van der Waals surface area contributed by atoms with E-state index in [0.29, 0.717) is 30.0 Å². The number of aromatic nitrogens is 1. The molecule has 186 valence electrons. The van der Waals surface area contributed by atoms with Gasteiger partial charge >= 0.3 is 0 Å². The van der Waals surface area contributed by atoms with Crippen LogP contribution < -0.4 is 26.1 Å². The van der Waals surface area contributed by atoms with Crippen LogP contribution in [0.3, 0.4) is 0 Å². The van der Waals surface area contributed by atoms with E-state index in [1.54, 1.807) is 0 Å². The highest BCUT2D eigenvalue weighted by atomic mass is 32.1. The molecule has 0 spiro atoms. The molecule has 1 aromatic carbocycles. The van der Waals surface area contributed by atoms with Crippen LogP contribution in [0.25, 0.3) is 21.1 Å². The summed E-state index contributed by atoms with van der Waals surface area (Å²) >= 11 is 1.08. The van der Waals surface area contributed by atoms with Crippen molar-refractivity contribution in [3.8, 4) is 11.5 Å². The van der Waals surface area contributed by atoms with Crippen molar-refractivity contribution >= 4 is 49.8 Å². The van der Waals surface area contributed by atoms with Gasteiger partial charge in [-0.2, -0.15) is 0 Å². The lowest BCUT2D eigenvalue weighted by atomic mass is 10.1. The number of pyridine rings is 1. The molecule has 3 aromatic rings. The van der Waals surface area contributed by atoms with Gasteiger partial charge in [0.15, 0.2) is 23.1 Å². The Labute approximate surface area is 204 Å². The molecule has 1 saturated carbocycles. The Bertz CT molecular complexity index is 1430. The van der Waals surface area contributed by atoms with Crippen molar-refractivity contribution in [2.45, 2.75) is 32.2 Å². The molecule has 11 heteroatoms. The molecular formula is C24H27FN4O5S. The van der Waals surface area contributed by atoms with Crippen LogP contribution in [0.5, 0.6) is 11.5 Å². The number of ketones is 1. The second kappa shape index (κ2) is 8.80. The number of nitrogens with two attached hydrogens (primary N) is 1. The van der Waals surface area contributed by atoms with Gasteiger partial charge in [-0.25, -0.2) is 4.39 Å². The zero-order valence-corrected chi connectivity index (χ0v) is 20.3. The van der Waals surface area contributed by atoms with E-state index in [0.717, 1.165) is 30.6 Å². The molecule has 1 atom stereocenters. The fourth-order valence-electron chi connectivity index (χ4n) is 4.98. The summed E-state index contributed by atoms with van der Waals surface area (Å²) in [5.74, 6) is -1.14. The molecule has 4 N–H and O–H groups in total. The molecule has 1 aliphatic heterocycles. The summed E-state index contributed by atoms with van der Waals surface area (Å²) in [6.45, 7) is 2.77. The Morgan fingerprint density at radius 3 is 2.71 bits per heavy atom. The molecule has 0 radical (unpaired) electrons. The maximum Gasteiger partial charge on any atom is 0.233 e. The van der Waals surface area contributed by atoms with Crippen molar-refractivity contribution in [2.75, 3.05) is 38.2 Å². The lowest BCUT2D eigenvalue weighted by Crippen LogP contribution is -2.35. The van der Waals surface area contributed by atoms with Crippen molar-refractivity contribution in [3.05, 3.63) is 27.0 Å². The third-order valence-electron chi connectivity index (χ3n) is 6.79. The monoisotopic (exact) mass is 502 g/mol. The summed E-state index contributed by atoms with van der Waals surface area (Å²) in [7, 11) is 1.45. The number of nitrogens with zero attached hydrogens (tertiary/aromatic N) is 2. The summed E-state index contributed by atoms with van der Waals surface area (Å²) in [6, 6.07) is 1.27. The molecule has 1 aliphatic carbocycles. The number of halogens is 1. The minimum absolute atomic E-state index is 0.0469. The van der Waals surface area contributed by atoms with Crippen LogP contribution in [0.4, 0.5) is 10.1 Å². The maximum atomic E-state index is 15.6. The van der Waals surface area contributed by atoms with Crippen LogP contribution in [0.1, 0.15) is 41.9 Å². The Kier molecular flexibility index (Phi) is 5.92. The van der Waals surface area contributed by atoms with E-state index >= 15 is 4.39 Å². The minimum atomic E-state index is -0.596. The van der Waals surface area contributed by atoms with Gasteiger partial charge < -0.3 is 30.4 Å². The van der Waals surface area contributed by atoms with E-state index in [-0.39, 0.29) is 63.0 Å². The Hall–Kier alpha value is -3.18. The standard InChI is InChI=1S/C24H27FN4O5S/c1-11(30)23-21(33)17-20(32)14-7-15(25)19(28-6-5-12(10-28)9-27-16(31)8-26)22(34-2)18(14)29(13-3-4-13)24(17)35-23/h7,12-13,33H,3-6,8-10,26H2,1-2H3,(H,27,31). The molecule has 35 heavy (non-hydrogen) atoms. The highest BCUT2D eigenvalue weighted by molar-refractivity contribution is 7.21. The summed E-state index contributed by atoms with van der Waals surface area (Å²) in [4.78, 5) is 39.6. The second-order valence-electron chi connectivity index (χ2n) is 9.19. The first-order chi connectivity index (χ1) is 16.8. The molecular weight excluding hydrogens is 475 g/mol. The molecule has 5 rings (SSSR count). The van der Waals surface area contributed by atoms with Crippen molar-refractivity contribution in [1.82, 2.24) is 9.88 Å². The number of carbonyl (C=O) groups is 2. The summed E-state index contributed by atoms with van der Waals surface area (Å²) in [5.41, 5.74) is 5.58. The number of anilines is 1. The number of benzene rings is 1. The molecule has 1 saturated heterocycles. The van der Waals surface area contributed by atoms with Gasteiger partial charge in [-0.15, -0.1) is 11.3 Å². The normalized spacial score (nSPS) is 17.9. The number of hydrogen-bond donors (Lipinski definition) is 3. The number of amides is 1. The van der Waals surface area contributed by atoms with Crippen LogP contribution in [0.2, 0.25) is 0 Å². The zero-order chi connectivity index (χ0) is 25.0. The first kappa shape index (κ1) is 23.6. The molecule has 2 fully saturated rings. The number of nitrogens with one attached hydrogen (secondary N) is 1. The van der Waals surface area contributed by atoms with Crippen LogP contribution in [-0.4, -0.2) is 54.7 Å². The van der Waals surface area contributed by atoms with Crippen molar-refractivity contribution in [3.63, 3.8) is 0 Å². The summed E-state index contributed by atoms with van der Waals surface area (Å²) in [5, 5.41) is 13.6. The minimum Gasteiger partial charge on any atom is -0.505 e. The lowest BCUT2D eigenvalue weighted by Gasteiger charge is -2.25. The first-order valence-corrected chi connectivity index (χ1v) is 12.4. The van der Waals surface area contributed by atoms with E-state index in [1.165, 1.54) is 20.1 Å².